The molecule has 0 bridgehead atoms. The number of halogens is 1. The van der Waals surface area contributed by atoms with E-state index < -0.39 is 18.5 Å². The number of carbonyl (C=O) groups is 4. The molecule has 0 spiro atoms. The first-order chi connectivity index (χ1) is 16.3. The molecule has 1 aliphatic heterocycles. The van der Waals surface area contributed by atoms with Crippen LogP contribution in [0, 0.1) is 17.8 Å². The zero-order valence-electron chi connectivity index (χ0n) is 18.9. The highest BCUT2D eigenvalue weighted by atomic mass is 35.5. The van der Waals surface area contributed by atoms with Gasteiger partial charge in [0, 0.05) is 5.02 Å². The van der Waals surface area contributed by atoms with Gasteiger partial charge in [-0.15, -0.1) is 0 Å². The summed E-state index contributed by atoms with van der Waals surface area (Å²) in [6.07, 6.45) is 2.31. The minimum Gasteiger partial charge on any atom is -0.495 e. The Morgan fingerprint density at radius 1 is 1.09 bits per heavy atom. The van der Waals surface area contributed by atoms with Gasteiger partial charge in [0.05, 0.1) is 35.9 Å². The Balaban J connectivity index is 1.42. The van der Waals surface area contributed by atoms with Crippen molar-refractivity contribution in [3.8, 4) is 5.75 Å². The predicted octanol–water partition coefficient (Wildman–Crippen LogP) is 4.07. The number of hydrogen-bond donors (Lipinski definition) is 1. The van der Waals surface area contributed by atoms with Crippen molar-refractivity contribution in [1.29, 1.82) is 0 Å². The van der Waals surface area contributed by atoms with Crippen molar-refractivity contribution in [2.75, 3.05) is 23.9 Å². The molecule has 3 atom stereocenters. The number of nitrogens with zero attached hydrogens (tertiary/aromatic N) is 1. The Bertz CT molecular complexity index is 1150. The van der Waals surface area contributed by atoms with E-state index >= 15 is 0 Å². The van der Waals surface area contributed by atoms with Gasteiger partial charge in [-0.3, -0.25) is 19.3 Å². The Kier molecular flexibility index (Phi) is 6.88. The summed E-state index contributed by atoms with van der Waals surface area (Å²) in [6.45, 7) is 1.55. The lowest BCUT2D eigenvalue weighted by molar-refractivity contribution is -0.122. The lowest BCUT2D eigenvalue weighted by Gasteiger charge is -2.25. The number of carbonyl (C=O) groups excluding carboxylic acids is 4. The fourth-order valence-corrected chi connectivity index (χ4v) is 4.77. The maximum Gasteiger partial charge on any atom is 0.338 e. The third-order valence-corrected chi connectivity index (χ3v) is 6.53. The largest absolute Gasteiger partial charge is 0.495 e. The van der Waals surface area contributed by atoms with E-state index in [-0.39, 0.29) is 29.2 Å². The first-order valence-electron chi connectivity index (χ1n) is 11.1. The van der Waals surface area contributed by atoms with Crippen LogP contribution in [0.25, 0.3) is 0 Å². The number of anilines is 2. The molecule has 0 radical (unpaired) electrons. The van der Waals surface area contributed by atoms with Gasteiger partial charge in [-0.05, 0) is 61.6 Å². The lowest BCUT2D eigenvalue weighted by Crippen LogP contribution is -2.31. The third-order valence-electron chi connectivity index (χ3n) is 6.30. The average molecular weight is 485 g/mol. The van der Waals surface area contributed by atoms with Gasteiger partial charge in [0.25, 0.3) is 5.91 Å². The van der Waals surface area contributed by atoms with E-state index in [1.165, 1.54) is 30.2 Å². The van der Waals surface area contributed by atoms with Crippen molar-refractivity contribution in [1.82, 2.24) is 0 Å². The zero-order valence-corrected chi connectivity index (χ0v) is 19.6. The van der Waals surface area contributed by atoms with Crippen LogP contribution in [0.15, 0.2) is 42.5 Å². The highest BCUT2D eigenvalue weighted by molar-refractivity contribution is 6.31. The average Bonchev–Trinajstić information content (AvgIpc) is 3.07. The van der Waals surface area contributed by atoms with Crippen molar-refractivity contribution < 1.29 is 28.7 Å². The van der Waals surface area contributed by atoms with Gasteiger partial charge in [-0.25, -0.2) is 4.79 Å². The molecule has 9 heteroatoms. The van der Waals surface area contributed by atoms with E-state index in [0.29, 0.717) is 40.9 Å². The normalized spacial score (nSPS) is 21.7. The van der Waals surface area contributed by atoms with Crippen LogP contribution in [-0.4, -0.2) is 37.4 Å². The third kappa shape index (κ3) is 4.77. The molecule has 2 aromatic rings. The van der Waals surface area contributed by atoms with Gasteiger partial charge in [-0.2, -0.15) is 0 Å². The molecular formula is C25H25ClN2O6. The summed E-state index contributed by atoms with van der Waals surface area (Å²) in [4.78, 5) is 51.9. The summed E-state index contributed by atoms with van der Waals surface area (Å²) in [6, 6.07) is 10.9. The summed E-state index contributed by atoms with van der Waals surface area (Å²) in [7, 11) is 1.46. The maximum absolute atomic E-state index is 13.0. The second kappa shape index (κ2) is 9.85. The Morgan fingerprint density at radius 3 is 2.62 bits per heavy atom. The lowest BCUT2D eigenvalue weighted by atomic mass is 9.76. The summed E-state index contributed by atoms with van der Waals surface area (Å²) in [5.74, 6) is -1.56. The fourth-order valence-electron chi connectivity index (χ4n) is 4.59. The highest BCUT2D eigenvalue weighted by Gasteiger charge is 2.50. The molecule has 34 heavy (non-hydrogen) atoms. The topological polar surface area (TPSA) is 102 Å². The van der Waals surface area contributed by atoms with Crippen LogP contribution in [0.2, 0.25) is 5.02 Å². The highest BCUT2D eigenvalue weighted by Crippen LogP contribution is 2.42. The molecule has 1 aliphatic carbocycles. The van der Waals surface area contributed by atoms with E-state index in [1.54, 1.807) is 24.3 Å². The summed E-state index contributed by atoms with van der Waals surface area (Å²) >= 11 is 5.96. The quantitative estimate of drug-likeness (QED) is 0.490. The smallest absolute Gasteiger partial charge is 0.338 e. The number of nitrogens with one attached hydrogen (secondary N) is 1. The van der Waals surface area contributed by atoms with Gasteiger partial charge in [-0.1, -0.05) is 24.6 Å². The fraction of sp³-hybridized carbons (Fsp3) is 0.360. The first-order valence-corrected chi connectivity index (χ1v) is 11.4. The van der Waals surface area contributed by atoms with Crippen LogP contribution < -0.4 is 15.0 Å². The molecule has 8 nitrogen and oxygen atoms in total. The number of ether oxygens (including phenoxy) is 2. The number of fused-ring (bicyclic) bond motifs is 1. The Labute approximate surface area is 202 Å². The zero-order chi connectivity index (χ0) is 24.4. The van der Waals surface area contributed by atoms with Crippen molar-refractivity contribution >= 4 is 46.7 Å². The molecule has 2 fully saturated rings. The number of methoxy groups -OCH3 is 1. The van der Waals surface area contributed by atoms with E-state index in [0.717, 1.165) is 6.42 Å². The van der Waals surface area contributed by atoms with Crippen LogP contribution in [-0.2, 0) is 19.1 Å². The minimum atomic E-state index is -0.750. The summed E-state index contributed by atoms with van der Waals surface area (Å²) < 4.78 is 10.3. The molecular weight excluding hydrogens is 460 g/mol. The molecule has 1 saturated carbocycles. The van der Waals surface area contributed by atoms with Crippen molar-refractivity contribution in [3.05, 3.63) is 53.1 Å². The molecule has 2 aliphatic rings. The van der Waals surface area contributed by atoms with Gasteiger partial charge in [0.15, 0.2) is 6.61 Å². The van der Waals surface area contributed by atoms with Crippen LogP contribution in [0.1, 0.15) is 36.5 Å². The van der Waals surface area contributed by atoms with Crippen LogP contribution in [0.3, 0.4) is 0 Å². The number of esters is 1. The van der Waals surface area contributed by atoms with Crippen LogP contribution >= 0.6 is 11.6 Å². The molecule has 1 N–H and O–H groups in total. The molecule has 0 unspecified atom stereocenters. The van der Waals surface area contributed by atoms with E-state index in [1.807, 2.05) is 0 Å². The van der Waals surface area contributed by atoms with Crippen molar-refractivity contribution in [3.63, 3.8) is 0 Å². The van der Waals surface area contributed by atoms with Crippen LogP contribution in [0.5, 0.6) is 5.75 Å². The number of benzene rings is 2. The second-order valence-electron chi connectivity index (χ2n) is 8.66. The number of amides is 3. The van der Waals surface area contributed by atoms with Crippen LogP contribution in [0.4, 0.5) is 11.4 Å². The Hall–Kier alpha value is -3.39. The minimum absolute atomic E-state index is 0.134. The molecule has 3 amide bonds. The number of hydrogen-bond acceptors (Lipinski definition) is 6. The predicted molar refractivity (Wildman–Crippen MR) is 126 cm³/mol. The van der Waals surface area contributed by atoms with Crippen molar-refractivity contribution in [2.24, 2.45) is 17.8 Å². The van der Waals surface area contributed by atoms with Gasteiger partial charge < -0.3 is 14.8 Å². The maximum atomic E-state index is 13.0. The Morgan fingerprint density at radius 2 is 1.85 bits per heavy atom. The molecule has 2 aromatic carbocycles. The van der Waals surface area contributed by atoms with Gasteiger partial charge in [0.1, 0.15) is 5.75 Å². The summed E-state index contributed by atoms with van der Waals surface area (Å²) in [5.41, 5.74) is 0.814. The van der Waals surface area contributed by atoms with Crippen molar-refractivity contribution in [2.45, 2.75) is 26.2 Å². The van der Waals surface area contributed by atoms with Gasteiger partial charge >= 0.3 is 5.97 Å². The monoisotopic (exact) mass is 484 g/mol. The SMILES string of the molecule is COc1ccc(Cl)cc1NC(=O)COC(=O)c1cccc(N2C(=O)[C@H]3C[C@@H](C)CC[C@H]3C2=O)c1. The molecule has 178 valence electrons. The van der Waals surface area contributed by atoms with E-state index in [4.69, 9.17) is 21.1 Å². The van der Waals surface area contributed by atoms with E-state index in [2.05, 4.69) is 12.2 Å². The second-order valence-corrected chi connectivity index (χ2v) is 9.10. The number of rotatable bonds is 6. The molecule has 0 aromatic heterocycles. The number of imide groups is 1. The molecule has 1 heterocycles. The van der Waals surface area contributed by atoms with E-state index in [9.17, 15) is 19.2 Å². The molecule has 4 rings (SSSR count). The summed E-state index contributed by atoms with van der Waals surface area (Å²) in [5, 5.41) is 2.99. The standard InChI is InChI=1S/C25H25ClN2O6/c1-14-6-8-18-19(10-14)24(31)28(23(18)30)17-5-3-4-15(11-17)25(32)34-13-22(29)27-20-12-16(26)7-9-21(20)33-2/h3-5,7,9,11-12,14,18-19H,6,8,10,13H2,1-2H3,(H,27,29)/t14-,18+,19-/m0/s1. The molecule has 1 saturated heterocycles. The first kappa shape index (κ1) is 23.8. The van der Waals surface area contributed by atoms with Gasteiger partial charge in [0.2, 0.25) is 11.8 Å².